The lowest BCUT2D eigenvalue weighted by Gasteiger charge is -2.28. The predicted octanol–water partition coefficient (Wildman–Crippen LogP) is 2.65. The average Bonchev–Trinajstić information content (AvgIpc) is 2.41. The van der Waals surface area contributed by atoms with Gasteiger partial charge in [0.2, 0.25) is 0 Å². The van der Waals surface area contributed by atoms with Crippen molar-refractivity contribution in [2.24, 2.45) is 0 Å². The maximum absolute atomic E-state index is 9.88. The van der Waals surface area contributed by atoms with Crippen LogP contribution in [0.4, 0.5) is 0 Å². The maximum Gasteiger partial charge on any atom is 0.124 e. The molecule has 0 aliphatic heterocycles. The molecule has 1 saturated carbocycles. The third kappa shape index (κ3) is 3.24. The SMILES string of the molecule is CNC(C)c1ccc(OC2CCCCC2O)cc1. The monoisotopic (exact) mass is 249 g/mol. The summed E-state index contributed by atoms with van der Waals surface area (Å²) in [6.45, 7) is 2.13. The molecule has 18 heavy (non-hydrogen) atoms. The number of ether oxygens (including phenoxy) is 1. The van der Waals surface area contributed by atoms with Gasteiger partial charge in [-0.2, -0.15) is 0 Å². The van der Waals surface area contributed by atoms with Crippen molar-refractivity contribution in [1.29, 1.82) is 0 Å². The van der Waals surface area contributed by atoms with Crippen molar-refractivity contribution in [2.75, 3.05) is 7.05 Å². The Kier molecular flexibility index (Phi) is 4.61. The Labute approximate surface area is 109 Å². The zero-order chi connectivity index (χ0) is 13.0. The highest BCUT2D eigenvalue weighted by Crippen LogP contribution is 2.25. The van der Waals surface area contributed by atoms with Crippen LogP contribution in [-0.4, -0.2) is 24.4 Å². The van der Waals surface area contributed by atoms with E-state index in [1.807, 2.05) is 19.2 Å². The number of rotatable bonds is 4. The van der Waals surface area contributed by atoms with E-state index in [0.29, 0.717) is 6.04 Å². The van der Waals surface area contributed by atoms with Crippen molar-refractivity contribution in [3.63, 3.8) is 0 Å². The fourth-order valence-corrected chi connectivity index (χ4v) is 2.39. The van der Waals surface area contributed by atoms with Crippen molar-refractivity contribution in [3.05, 3.63) is 29.8 Å². The number of aliphatic hydroxyl groups is 1. The van der Waals surface area contributed by atoms with Crippen LogP contribution in [0, 0.1) is 0 Å². The summed E-state index contributed by atoms with van der Waals surface area (Å²) in [5.74, 6) is 0.855. The first-order valence-electron chi connectivity index (χ1n) is 6.82. The molecular weight excluding hydrogens is 226 g/mol. The van der Waals surface area contributed by atoms with Crippen LogP contribution in [-0.2, 0) is 0 Å². The molecule has 1 aliphatic rings. The fraction of sp³-hybridized carbons (Fsp3) is 0.600. The Morgan fingerprint density at radius 2 is 1.89 bits per heavy atom. The first kappa shape index (κ1) is 13.4. The van der Waals surface area contributed by atoms with Crippen LogP contribution in [0.1, 0.15) is 44.2 Å². The third-order valence-corrected chi connectivity index (χ3v) is 3.77. The van der Waals surface area contributed by atoms with Crippen LogP contribution in [0.3, 0.4) is 0 Å². The Hall–Kier alpha value is -1.06. The summed E-state index contributed by atoms with van der Waals surface area (Å²) in [6.07, 6.45) is 3.73. The number of hydrogen-bond donors (Lipinski definition) is 2. The van der Waals surface area contributed by atoms with Crippen molar-refractivity contribution in [3.8, 4) is 5.75 Å². The van der Waals surface area contributed by atoms with Crippen LogP contribution in [0.2, 0.25) is 0 Å². The van der Waals surface area contributed by atoms with E-state index >= 15 is 0 Å². The number of nitrogens with one attached hydrogen (secondary N) is 1. The molecule has 0 heterocycles. The lowest BCUT2D eigenvalue weighted by molar-refractivity contribution is 0.00686. The Morgan fingerprint density at radius 3 is 2.50 bits per heavy atom. The van der Waals surface area contributed by atoms with Gasteiger partial charge in [-0.25, -0.2) is 0 Å². The Balaban J connectivity index is 1.97. The summed E-state index contributed by atoms with van der Waals surface area (Å²) in [6, 6.07) is 8.48. The van der Waals surface area contributed by atoms with E-state index in [9.17, 15) is 5.11 Å². The van der Waals surface area contributed by atoms with Gasteiger partial charge in [0.25, 0.3) is 0 Å². The van der Waals surface area contributed by atoms with Crippen molar-refractivity contribution < 1.29 is 9.84 Å². The van der Waals surface area contributed by atoms with Crippen molar-refractivity contribution in [1.82, 2.24) is 5.32 Å². The van der Waals surface area contributed by atoms with Crippen molar-refractivity contribution in [2.45, 2.75) is 50.9 Å². The van der Waals surface area contributed by atoms with E-state index in [2.05, 4.69) is 24.4 Å². The molecule has 100 valence electrons. The summed E-state index contributed by atoms with van der Waals surface area (Å²) in [5.41, 5.74) is 1.24. The molecule has 0 aromatic heterocycles. The quantitative estimate of drug-likeness (QED) is 0.862. The van der Waals surface area contributed by atoms with Gasteiger partial charge in [0.05, 0.1) is 6.10 Å². The van der Waals surface area contributed by atoms with Crippen LogP contribution in [0.25, 0.3) is 0 Å². The van der Waals surface area contributed by atoms with E-state index < -0.39 is 0 Å². The molecule has 0 bridgehead atoms. The first-order chi connectivity index (χ1) is 8.70. The molecule has 3 heteroatoms. The molecule has 3 atom stereocenters. The van der Waals surface area contributed by atoms with Gasteiger partial charge >= 0.3 is 0 Å². The average molecular weight is 249 g/mol. The third-order valence-electron chi connectivity index (χ3n) is 3.77. The Bertz CT molecular complexity index is 363. The van der Waals surface area contributed by atoms with Crippen LogP contribution in [0.15, 0.2) is 24.3 Å². The highest BCUT2D eigenvalue weighted by molar-refractivity contribution is 5.29. The van der Waals surface area contributed by atoms with Gasteiger partial charge in [-0.1, -0.05) is 18.6 Å². The molecular formula is C15H23NO2. The molecule has 1 aromatic carbocycles. The van der Waals surface area contributed by atoms with Gasteiger partial charge in [-0.05, 0) is 50.9 Å². The molecule has 0 spiro atoms. The predicted molar refractivity (Wildman–Crippen MR) is 72.8 cm³/mol. The highest BCUT2D eigenvalue weighted by atomic mass is 16.5. The molecule has 3 unspecified atom stereocenters. The van der Waals surface area contributed by atoms with Crippen molar-refractivity contribution >= 4 is 0 Å². The number of hydrogen-bond acceptors (Lipinski definition) is 3. The van der Waals surface area contributed by atoms with Gasteiger partial charge in [0, 0.05) is 6.04 Å². The smallest absolute Gasteiger partial charge is 0.124 e. The topological polar surface area (TPSA) is 41.5 Å². The zero-order valence-electron chi connectivity index (χ0n) is 11.2. The summed E-state index contributed by atoms with van der Waals surface area (Å²) in [7, 11) is 1.95. The van der Waals surface area contributed by atoms with E-state index in [1.54, 1.807) is 0 Å². The van der Waals surface area contributed by atoms with Crippen LogP contribution >= 0.6 is 0 Å². The number of benzene rings is 1. The second-order valence-electron chi connectivity index (χ2n) is 5.09. The summed E-state index contributed by atoms with van der Waals surface area (Å²) in [4.78, 5) is 0. The van der Waals surface area contributed by atoms with E-state index in [4.69, 9.17) is 4.74 Å². The summed E-state index contributed by atoms with van der Waals surface area (Å²) < 4.78 is 5.87. The zero-order valence-corrected chi connectivity index (χ0v) is 11.2. The molecule has 2 rings (SSSR count). The van der Waals surface area contributed by atoms with Crippen LogP contribution < -0.4 is 10.1 Å². The molecule has 0 radical (unpaired) electrons. The highest BCUT2D eigenvalue weighted by Gasteiger charge is 2.24. The minimum atomic E-state index is -0.311. The minimum absolute atomic E-state index is 0.0358. The van der Waals surface area contributed by atoms with E-state index in [0.717, 1.165) is 31.4 Å². The lowest BCUT2D eigenvalue weighted by Crippen LogP contribution is -2.34. The summed E-state index contributed by atoms with van der Waals surface area (Å²) in [5, 5.41) is 13.1. The summed E-state index contributed by atoms with van der Waals surface area (Å²) >= 11 is 0. The van der Waals surface area contributed by atoms with Gasteiger partial charge in [0.1, 0.15) is 11.9 Å². The standard InChI is InChI=1S/C15H23NO2/c1-11(16-2)12-7-9-13(10-8-12)18-15-6-4-3-5-14(15)17/h7-11,14-17H,3-6H2,1-2H3. The second kappa shape index (κ2) is 6.21. The molecule has 1 aliphatic carbocycles. The number of aliphatic hydroxyl groups excluding tert-OH is 1. The lowest BCUT2D eigenvalue weighted by atomic mass is 9.95. The fourth-order valence-electron chi connectivity index (χ4n) is 2.39. The van der Waals surface area contributed by atoms with E-state index in [1.165, 1.54) is 5.56 Å². The molecule has 2 N–H and O–H groups in total. The normalized spacial score (nSPS) is 25.7. The molecule has 1 fully saturated rings. The maximum atomic E-state index is 9.88. The molecule has 3 nitrogen and oxygen atoms in total. The van der Waals surface area contributed by atoms with Gasteiger partial charge < -0.3 is 15.2 Å². The molecule has 0 amide bonds. The van der Waals surface area contributed by atoms with Gasteiger partial charge in [0.15, 0.2) is 0 Å². The van der Waals surface area contributed by atoms with Crippen LogP contribution in [0.5, 0.6) is 5.75 Å². The van der Waals surface area contributed by atoms with E-state index in [-0.39, 0.29) is 12.2 Å². The minimum Gasteiger partial charge on any atom is -0.488 e. The first-order valence-corrected chi connectivity index (χ1v) is 6.82. The molecule has 0 saturated heterocycles. The van der Waals surface area contributed by atoms with Gasteiger partial charge in [-0.15, -0.1) is 0 Å². The largest absolute Gasteiger partial charge is 0.488 e. The molecule has 1 aromatic rings. The van der Waals surface area contributed by atoms with Gasteiger partial charge in [-0.3, -0.25) is 0 Å². The Morgan fingerprint density at radius 1 is 1.22 bits per heavy atom. The second-order valence-corrected chi connectivity index (χ2v) is 5.09.